The molecule has 80 valence electrons. The van der Waals surface area contributed by atoms with Gasteiger partial charge in [-0.3, -0.25) is 0 Å². The fourth-order valence-corrected chi connectivity index (χ4v) is 1.27. The van der Waals surface area contributed by atoms with Crippen LogP contribution in [0, 0.1) is 0 Å². The number of halogens is 6. The van der Waals surface area contributed by atoms with Crippen LogP contribution in [-0.2, 0) is 10.0 Å². The van der Waals surface area contributed by atoms with E-state index in [4.69, 9.17) is 34.8 Å². The van der Waals surface area contributed by atoms with Crippen LogP contribution in [0.2, 0.25) is 0 Å². The lowest BCUT2D eigenvalue weighted by atomic mass is 10.8. The Balaban J connectivity index is 4.40. The molecule has 0 radical (unpaired) electrons. The van der Waals surface area contributed by atoms with Gasteiger partial charge in [0, 0.05) is 0 Å². The minimum absolute atomic E-state index is 0.945. The highest BCUT2D eigenvalue weighted by Crippen LogP contribution is 2.27. The molecule has 0 unspecified atom stereocenters. The zero-order valence-corrected chi connectivity index (χ0v) is 8.78. The normalized spacial score (nSPS) is 14.6. The lowest BCUT2D eigenvalue weighted by molar-refractivity contribution is -0.0447. The van der Waals surface area contributed by atoms with Gasteiger partial charge < -0.3 is 0 Å². The Morgan fingerprint density at radius 1 is 1.15 bits per heavy atom. The fourth-order valence-electron chi connectivity index (χ4n) is 0.259. The molecule has 0 heterocycles. The van der Waals surface area contributed by atoms with Crippen LogP contribution in [-0.4, -0.2) is 24.3 Å². The van der Waals surface area contributed by atoms with Crippen molar-refractivity contribution in [1.82, 2.24) is 4.72 Å². The van der Waals surface area contributed by atoms with Crippen LogP contribution in [0.15, 0.2) is 0 Å². The van der Waals surface area contributed by atoms with Crippen molar-refractivity contribution in [3.63, 3.8) is 0 Å². The van der Waals surface area contributed by atoms with E-state index in [1.165, 1.54) is 0 Å². The lowest BCUT2D eigenvalue weighted by Crippen LogP contribution is -2.40. The van der Waals surface area contributed by atoms with Crippen molar-refractivity contribution in [3.8, 4) is 0 Å². The van der Waals surface area contributed by atoms with E-state index in [0.717, 1.165) is 4.72 Å². The van der Waals surface area contributed by atoms with Crippen molar-refractivity contribution in [2.45, 2.75) is 9.30 Å². The summed E-state index contributed by atoms with van der Waals surface area (Å²) in [5.74, 6) is 0. The largest absolute Gasteiger partial charge is 0.511 e. The van der Waals surface area contributed by atoms with Crippen LogP contribution in [0.1, 0.15) is 0 Å². The first-order chi connectivity index (χ1) is 5.46. The van der Waals surface area contributed by atoms with Crippen molar-refractivity contribution < 1.29 is 21.6 Å². The molecule has 0 fully saturated rings. The molecule has 10 heteroatoms. The third-order valence-electron chi connectivity index (χ3n) is 0.767. The van der Waals surface area contributed by atoms with Crippen molar-refractivity contribution >= 4 is 44.8 Å². The molecule has 0 aromatic heterocycles. The summed E-state index contributed by atoms with van der Waals surface area (Å²) in [6.07, 6.45) is 0. The Hall–Kier alpha value is 0.570. The van der Waals surface area contributed by atoms with Gasteiger partial charge >= 0.3 is 15.5 Å². The molecule has 13 heavy (non-hydrogen) atoms. The van der Waals surface area contributed by atoms with Crippen LogP contribution >= 0.6 is 34.8 Å². The van der Waals surface area contributed by atoms with Gasteiger partial charge in [-0.05, 0) is 0 Å². The summed E-state index contributed by atoms with van der Waals surface area (Å²) in [6, 6.07) is 0. The lowest BCUT2D eigenvalue weighted by Gasteiger charge is -2.13. The van der Waals surface area contributed by atoms with Gasteiger partial charge in [0.15, 0.2) is 0 Å². The smallest absolute Gasteiger partial charge is 0.203 e. The second-order valence-electron chi connectivity index (χ2n) is 1.89. The molecular weight excluding hydrogens is 277 g/mol. The average Bonchev–Trinajstić information content (AvgIpc) is 1.79. The summed E-state index contributed by atoms with van der Waals surface area (Å²) in [7, 11) is -5.43. The number of sulfonamides is 1. The van der Waals surface area contributed by atoms with Crippen LogP contribution in [0.4, 0.5) is 13.2 Å². The quantitative estimate of drug-likeness (QED) is 0.784. The molecule has 0 saturated heterocycles. The zero-order chi connectivity index (χ0) is 10.9. The summed E-state index contributed by atoms with van der Waals surface area (Å²) in [4.78, 5) is 0. The standard InChI is InChI=1S/C3H3Cl3F3NO2S/c4-2(5,6)1-10-13(11,12)3(7,8)9/h10H,1H2. The van der Waals surface area contributed by atoms with E-state index in [9.17, 15) is 21.6 Å². The third kappa shape index (κ3) is 5.11. The molecule has 0 bridgehead atoms. The number of hydrogen-bond donors (Lipinski definition) is 1. The van der Waals surface area contributed by atoms with E-state index in [1.807, 2.05) is 0 Å². The van der Waals surface area contributed by atoms with Gasteiger partial charge in [-0.2, -0.15) is 13.2 Å². The predicted octanol–water partition coefficient (Wildman–Crippen LogP) is 1.80. The molecule has 0 aromatic carbocycles. The van der Waals surface area contributed by atoms with Crippen LogP contribution in [0.5, 0.6) is 0 Å². The van der Waals surface area contributed by atoms with Crippen molar-refractivity contribution in [2.24, 2.45) is 0 Å². The Labute approximate surface area is 87.2 Å². The van der Waals surface area contributed by atoms with Gasteiger partial charge in [-0.15, -0.1) is 0 Å². The third-order valence-corrected chi connectivity index (χ3v) is 2.30. The van der Waals surface area contributed by atoms with Gasteiger partial charge in [0.2, 0.25) is 3.79 Å². The van der Waals surface area contributed by atoms with Crippen LogP contribution in [0.25, 0.3) is 0 Å². The second-order valence-corrected chi connectivity index (χ2v) is 6.16. The molecule has 0 saturated carbocycles. The highest BCUT2D eigenvalue weighted by atomic mass is 35.6. The second kappa shape index (κ2) is 3.98. The first-order valence-electron chi connectivity index (χ1n) is 2.58. The minimum atomic E-state index is -5.43. The van der Waals surface area contributed by atoms with Gasteiger partial charge in [-0.1, -0.05) is 34.8 Å². The van der Waals surface area contributed by atoms with Gasteiger partial charge in [0.1, 0.15) is 0 Å². The molecule has 0 aliphatic carbocycles. The molecular formula is C3H3Cl3F3NO2S. The fraction of sp³-hybridized carbons (Fsp3) is 1.00. The minimum Gasteiger partial charge on any atom is -0.203 e. The van der Waals surface area contributed by atoms with Crippen molar-refractivity contribution in [1.29, 1.82) is 0 Å². The van der Waals surface area contributed by atoms with Gasteiger partial charge in [-0.25, -0.2) is 13.1 Å². The summed E-state index contributed by atoms with van der Waals surface area (Å²) < 4.78 is 54.5. The van der Waals surface area contributed by atoms with Crippen molar-refractivity contribution in [3.05, 3.63) is 0 Å². The maximum absolute atomic E-state index is 11.6. The maximum Gasteiger partial charge on any atom is 0.511 e. The number of nitrogens with one attached hydrogen (secondary N) is 1. The Kier molecular flexibility index (Phi) is 4.15. The zero-order valence-electron chi connectivity index (χ0n) is 5.70. The first kappa shape index (κ1) is 13.6. The number of alkyl halides is 6. The molecule has 0 aliphatic rings. The first-order valence-corrected chi connectivity index (χ1v) is 5.20. The van der Waals surface area contributed by atoms with Gasteiger partial charge in [0.25, 0.3) is 0 Å². The van der Waals surface area contributed by atoms with Crippen molar-refractivity contribution in [2.75, 3.05) is 6.54 Å². The monoisotopic (exact) mass is 279 g/mol. The molecule has 0 aromatic rings. The predicted molar refractivity (Wildman–Crippen MR) is 43.3 cm³/mol. The van der Waals surface area contributed by atoms with E-state index >= 15 is 0 Å². The van der Waals surface area contributed by atoms with Crippen LogP contribution in [0.3, 0.4) is 0 Å². The summed E-state index contributed by atoms with van der Waals surface area (Å²) >= 11 is 15.1. The van der Waals surface area contributed by atoms with Gasteiger partial charge in [0.05, 0.1) is 6.54 Å². The van der Waals surface area contributed by atoms with Crippen LogP contribution < -0.4 is 4.72 Å². The number of hydrogen-bond acceptors (Lipinski definition) is 2. The molecule has 0 atom stereocenters. The SMILES string of the molecule is O=S(=O)(NCC(Cl)(Cl)Cl)C(F)(F)F. The molecule has 1 N–H and O–H groups in total. The highest BCUT2D eigenvalue weighted by molar-refractivity contribution is 7.90. The molecule has 0 spiro atoms. The molecule has 3 nitrogen and oxygen atoms in total. The maximum atomic E-state index is 11.6. The summed E-state index contributed by atoms with van der Waals surface area (Å²) in [5.41, 5.74) is -5.40. The average molecular weight is 280 g/mol. The Morgan fingerprint density at radius 3 is 1.77 bits per heavy atom. The van der Waals surface area contributed by atoms with E-state index in [1.54, 1.807) is 0 Å². The van der Waals surface area contributed by atoms with E-state index < -0.39 is 25.9 Å². The number of rotatable bonds is 2. The topological polar surface area (TPSA) is 46.2 Å². The molecule has 0 aliphatic heterocycles. The summed E-state index contributed by atoms with van der Waals surface area (Å²) in [5, 5.41) is 0. The van der Waals surface area contributed by atoms with E-state index in [0.29, 0.717) is 0 Å². The van der Waals surface area contributed by atoms with E-state index in [-0.39, 0.29) is 0 Å². The van der Waals surface area contributed by atoms with E-state index in [2.05, 4.69) is 0 Å². The Bertz CT molecular complexity index is 269. The Morgan fingerprint density at radius 2 is 1.54 bits per heavy atom. The highest BCUT2D eigenvalue weighted by Gasteiger charge is 2.46. The molecule has 0 amide bonds. The molecule has 0 rings (SSSR count). The summed E-state index contributed by atoms with van der Waals surface area (Å²) in [6.45, 7) is -0.945.